The van der Waals surface area contributed by atoms with E-state index in [1.165, 1.54) is 10.4 Å². The molecular formula is C25H29ClN6O2. The number of halogens is 1. The third-order valence-electron chi connectivity index (χ3n) is 6.33. The Morgan fingerprint density at radius 3 is 2.50 bits per heavy atom. The molecule has 0 atom stereocenters. The third kappa shape index (κ3) is 5.39. The summed E-state index contributed by atoms with van der Waals surface area (Å²) in [5.41, 5.74) is 2.51. The van der Waals surface area contributed by atoms with Crippen molar-refractivity contribution in [2.24, 2.45) is 13.0 Å². The van der Waals surface area contributed by atoms with Crippen molar-refractivity contribution in [3.63, 3.8) is 0 Å². The van der Waals surface area contributed by atoms with Gasteiger partial charge in [-0.3, -0.25) is 19.3 Å². The zero-order valence-electron chi connectivity index (χ0n) is 19.4. The zero-order valence-corrected chi connectivity index (χ0v) is 20.2. The minimum absolute atomic E-state index is 0.236. The molecule has 178 valence electrons. The van der Waals surface area contributed by atoms with E-state index in [1.54, 1.807) is 38.2 Å². The van der Waals surface area contributed by atoms with Gasteiger partial charge < -0.3 is 15.5 Å². The van der Waals surface area contributed by atoms with Crippen LogP contribution in [0.2, 0.25) is 5.02 Å². The lowest BCUT2D eigenvalue weighted by atomic mass is 9.93. The number of carbonyl (C=O) groups is 2. The Morgan fingerprint density at radius 2 is 1.79 bits per heavy atom. The molecule has 8 nitrogen and oxygen atoms in total. The Hall–Kier alpha value is -3.39. The van der Waals surface area contributed by atoms with E-state index >= 15 is 0 Å². The summed E-state index contributed by atoms with van der Waals surface area (Å²) in [5.74, 6) is 0.467. The highest BCUT2D eigenvalue weighted by molar-refractivity contribution is 6.34. The van der Waals surface area contributed by atoms with Crippen molar-refractivity contribution in [2.75, 3.05) is 29.9 Å². The Kier molecular flexibility index (Phi) is 7.47. The van der Waals surface area contributed by atoms with Crippen LogP contribution in [-0.4, -0.2) is 46.2 Å². The van der Waals surface area contributed by atoms with Crippen LogP contribution in [-0.2, 0) is 7.05 Å². The lowest BCUT2D eigenvalue weighted by Crippen LogP contribution is -2.35. The topological polar surface area (TPSA) is 92.2 Å². The van der Waals surface area contributed by atoms with Crippen LogP contribution in [0.4, 0.5) is 11.5 Å². The van der Waals surface area contributed by atoms with Crippen LogP contribution in [0, 0.1) is 12.8 Å². The standard InChI is InChI=1S/C25H29ClN6O2/c1-17-22(30-31(2)23(17)29-24(33)20-5-3-4-6-21(20)26)25(34)28-14-7-18-10-15-32(16-11-18)19-8-12-27-13-9-19/h3-6,8-9,12-13,18H,7,10-11,14-16H2,1-2H3,(H,28,34)(H,29,33). The summed E-state index contributed by atoms with van der Waals surface area (Å²) in [4.78, 5) is 31.9. The molecule has 2 amide bonds. The van der Waals surface area contributed by atoms with Gasteiger partial charge in [0.05, 0.1) is 10.6 Å². The minimum atomic E-state index is -0.346. The second-order valence-corrected chi connectivity index (χ2v) is 8.97. The molecule has 9 heteroatoms. The van der Waals surface area contributed by atoms with Crippen LogP contribution in [0.25, 0.3) is 0 Å². The lowest BCUT2D eigenvalue weighted by Gasteiger charge is -2.33. The summed E-state index contributed by atoms with van der Waals surface area (Å²) < 4.78 is 1.51. The molecule has 0 bridgehead atoms. The van der Waals surface area contributed by atoms with E-state index < -0.39 is 0 Å². The maximum Gasteiger partial charge on any atom is 0.272 e. The van der Waals surface area contributed by atoms with Crippen LogP contribution in [0.1, 0.15) is 45.7 Å². The van der Waals surface area contributed by atoms with E-state index in [9.17, 15) is 9.59 Å². The van der Waals surface area contributed by atoms with Crippen LogP contribution in [0.15, 0.2) is 48.8 Å². The molecule has 2 aromatic heterocycles. The summed E-state index contributed by atoms with van der Waals surface area (Å²) >= 11 is 6.13. The molecule has 0 radical (unpaired) electrons. The van der Waals surface area contributed by atoms with Crippen molar-refractivity contribution in [3.05, 3.63) is 70.6 Å². The molecule has 2 N–H and O–H groups in total. The van der Waals surface area contributed by atoms with Gasteiger partial charge in [0.15, 0.2) is 5.69 Å². The number of piperidine rings is 1. The number of hydrogen-bond donors (Lipinski definition) is 2. The highest BCUT2D eigenvalue weighted by Crippen LogP contribution is 2.25. The predicted molar refractivity (Wildman–Crippen MR) is 133 cm³/mol. The van der Waals surface area contributed by atoms with E-state index in [-0.39, 0.29) is 11.8 Å². The largest absolute Gasteiger partial charge is 0.371 e. The molecule has 34 heavy (non-hydrogen) atoms. The van der Waals surface area contributed by atoms with Gasteiger partial charge in [-0.25, -0.2) is 0 Å². The SMILES string of the molecule is Cc1c(C(=O)NCCC2CCN(c3ccncc3)CC2)nn(C)c1NC(=O)c1ccccc1Cl. The molecular weight excluding hydrogens is 452 g/mol. The maximum atomic E-state index is 12.8. The molecule has 1 aliphatic heterocycles. The van der Waals surface area contributed by atoms with Gasteiger partial charge in [0.1, 0.15) is 5.82 Å². The Morgan fingerprint density at radius 1 is 1.09 bits per heavy atom. The fourth-order valence-corrected chi connectivity index (χ4v) is 4.57. The van der Waals surface area contributed by atoms with Gasteiger partial charge >= 0.3 is 0 Å². The van der Waals surface area contributed by atoms with Gasteiger partial charge in [-0.2, -0.15) is 5.10 Å². The summed E-state index contributed by atoms with van der Waals surface area (Å²) in [5, 5.41) is 10.5. The van der Waals surface area contributed by atoms with Gasteiger partial charge in [-0.1, -0.05) is 23.7 Å². The van der Waals surface area contributed by atoms with Crippen molar-refractivity contribution in [1.29, 1.82) is 0 Å². The Balaban J connectivity index is 1.28. The highest BCUT2D eigenvalue weighted by Gasteiger charge is 2.23. The number of aryl methyl sites for hydroxylation is 1. The smallest absolute Gasteiger partial charge is 0.272 e. The summed E-state index contributed by atoms with van der Waals surface area (Å²) in [6.45, 7) is 4.39. The van der Waals surface area contributed by atoms with Gasteiger partial charge in [0.25, 0.3) is 11.8 Å². The van der Waals surface area contributed by atoms with Gasteiger partial charge in [0, 0.05) is 50.3 Å². The zero-order chi connectivity index (χ0) is 24.1. The van der Waals surface area contributed by atoms with Crippen molar-refractivity contribution in [3.8, 4) is 0 Å². The molecule has 4 rings (SSSR count). The number of amides is 2. The molecule has 3 heterocycles. The van der Waals surface area contributed by atoms with Crippen molar-refractivity contribution < 1.29 is 9.59 Å². The quantitative estimate of drug-likeness (QED) is 0.532. The molecule has 0 spiro atoms. The normalized spacial score (nSPS) is 14.1. The average molecular weight is 481 g/mol. The molecule has 1 fully saturated rings. The van der Waals surface area contributed by atoms with Gasteiger partial charge in [-0.15, -0.1) is 0 Å². The Bertz CT molecular complexity index is 1160. The first-order valence-electron chi connectivity index (χ1n) is 11.5. The second-order valence-electron chi connectivity index (χ2n) is 8.56. The van der Waals surface area contributed by atoms with Crippen LogP contribution in [0.3, 0.4) is 0 Å². The van der Waals surface area contributed by atoms with E-state index in [2.05, 4.69) is 25.6 Å². The third-order valence-corrected chi connectivity index (χ3v) is 6.66. The van der Waals surface area contributed by atoms with Crippen LogP contribution in [0.5, 0.6) is 0 Å². The molecule has 1 aliphatic rings. The van der Waals surface area contributed by atoms with Gasteiger partial charge in [-0.05, 0) is 56.4 Å². The first kappa shape index (κ1) is 23.8. The molecule has 3 aromatic rings. The Labute approximate surface area is 204 Å². The highest BCUT2D eigenvalue weighted by atomic mass is 35.5. The number of anilines is 2. The number of rotatable bonds is 7. The van der Waals surface area contributed by atoms with Crippen molar-refractivity contribution >= 4 is 34.9 Å². The minimum Gasteiger partial charge on any atom is -0.371 e. The number of nitrogens with zero attached hydrogens (tertiary/aromatic N) is 4. The number of nitrogens with one attached hydrogen (secondary N) is 2. The number of carbonyl (C=O) groups excluding carboxylic acids is 2. The molecule has 0 aliphatic carbocycles. The van der Waals surface area contributed by atoms with E-state index in [0.717, 1.165) is 32.4 Å². The van der Waals surface area contributed by atoms with Gasteiger partial charge in [0.2, 0.25) is 0 Å². The summed E-state index contributed by atoms with van der Waals surface area (Å²) in [6, 6.07) is 10.9. The summed E-state index contributed by atoms with van der Waals surface area (Å²) in [6.07, 6.45) is 6.77. The number of hydrogen-bond acceptors (Lipinski definition) is 5. The molecule has 0 saturated carbocycles. The fourth-order valence-electron chi connectivity index (χ4n) is 4.35. The van der Waals surface area contributed by atoms with Crippen molar-refractivity contribution in [2.45, 2.75) is 26.2 Å². The lowest BCUT2D eigenvalue weighted by molar-refractivity contribution is 0.0943. The molecule has 0 unspecified atom stereocenters. The van der Waals surface area contributed by atoms with E-state index in [1.807, 2.05) is 24.5 Å². The first-order chi connectivity index (χ1) is 16.4. The monoisotopic (exact) mass is 480 g/mol. The average Bonchev–Trinajstić information content (AvgIpc) is 3.13. The predicted octanol–water partition coefficient (Wildman–Crippen LogP) is 4.07. The number of benzene rings is 1. The van der Waals surface area contributed by atoms with Crippen molar-refractivity contribution in [1.82, 2.24) is 20.1 Å². The first-order valence-corrected chi connectivity index (χ1v) is 11.8. The second kappa shape index (κ2) is 10.7. The molecule has 1 saturated heterocycles. The van der Waals surface area contributed by atoms with E-state index in [4.69, 9.17) is 11.6 Å². The van der Waals surface area contributed by atoms with Crippen LogP contribution < -0.4 is 15.5 Å². The summed E-state index contributed by atoms with van der Waals surface area (Å²) in [7, 11) is 1.70. The number of pyridine rings is 1. The fraction of sp³-hybridized carbons (Fsp3) is 0.360. The van der Waals surface area contributed by atoms with Crippen LogP contribution >= 0.6 is 11.6 Å². The molecule has 1 aromatic carbocycles. The maximum absolute atomic E-state index is 12.8. The van der Waals surface area contributed by atoms with E-state index in [0.29, 0.717) is 40.1 Å². The number of aromatic nitrogens is 3.